The largest absolute Gasteiger partial charge is 1.00 e. The Labute approximate surface area is 163 Å². The molecule has 0 aromatic heterocycles. The zero-order chi connectivity index (χ0) is 14.5. The van der Waals surface area contributed by atoms with E-state index in [-0.39, 0.29) is 69.0 Å². The van der Waals surface area contributed by atoms with E-state index in [4.69, 9.17) is 9.79 Å². The Balaban J connectivity index is 0.00000121. The summed E-state index contributed by atoms with van der Waals surface area (Å²) in [5.41, 5.74) is 0.317. The molecule has 0 bridgehead atoms. The molecule has 104 valence electrons. The molecule has 2 N–H and O–H groups in total. The van der Waals surface area contributed by atoms with Crippen molar-refractivity contribution in [3.05, 3.63) is 47.5 Å². The molecule has 2 aromatic carbocycles. The van der Waals surface area contributed by atoms with E-state index in [1.165, 1.54) is 12.1 Å². The summed E-state index contributed by atoms with van der Waals surface area (Å²) in [6.45, 7) is 0. The molecule has 2 amide bonds. The molecule has 2 aromatic rings. The Morgan fingerprint density at radius 1 is 1.00 bits per heavy atom. The molecule has 0 radical (unpaired) electrons. The van der Waals surface area contributed by atoms with Gasteiger partial charge in [-0.05, 0) is 17.5 Å². The summed E-state index contributed by atoms with van der Waals surface area (Å²) in [5.74, 6) is -1.80. The van der Waals surface area contributed by atoms with Crippen LogP contribution in [0.4, 0.5) is 0 Å². The zero-order valence-electron chi connectivity index (χ0n) is 11.9. The minimum atomic E-state index is -5.01. The molecule has 21 heavy (non-hydrogen) atoms. The van der Waals surface area contributed by atoms with Gasteiger partial charge >= 0.3 is 59.2 Å². The number of hydrogen-bond acceptors (Lipinski definition) is 4. The van der Waals surface area contributed by atoms with Crippen molar-refractivity contribution >= 4 is 30.4 Å². The maximum atomic E-state index is 12.1. The van der Waals surface area contributed by atoms with E-state index in [1.807, 2.05) is 0 Å². The average molecular weight is 333 g/mol. The fourth-order valence-electron chi connectivity index (χ4n) is 2.19. The molecule has 0 fully saturated rings. The Morgan fingerprint density at radius 2 is 1.48 bits per heavy atom. The van der Waals surface area contributed by atoms with Crippen molar-refractivity contribution in [3.8, 4) is 0 Å². The van der Waals surface area contributed by atoms with Crippen LogP contribution in [0.1, 0.15) is 22.1 Å². The van der Waals surface area contributed by atoms with Gasteiger partial charge in [-0.25, -0.2) is 4.57 Å². The molecule has 1 aliphatic rings. The molecule has 0 saturated heterocycles. The minimum absolute atomic E-state index is 0. The predicted octanol–water partition coefficient (Wildman–Crippen LogP) is -1.42. The molecule has 0 spiro atoms. The van der Waals surface area contributed by atoms with Gasteiger partial charge in [0, 0.05) is 5.39 Å². The van der Waals surface area contributed by atoms with Crippen LogP contribution in [0.5, 0.6) is 0 Å². The van der Waals surface area contributed by atoms with Gasteiger partial charge in [0.15, 0.2) is 0 Å². The van der Waals surface area contributed by atoms with Crippen molar-refractivity contribution in [2.45, 2.75) is 0 Å². The van der Waals surface area contributed by atoms with Gasteiger partial charge in [0.2, 0.25) is 0 Å². The van der Waals surface area contributed by atoms with E-state index in [0.717, 1.165) is 0 Å². The molecular weight excluding hydrogens is 324 g/mol. The fourth-order valence-corrected chi connectivity index (χ4v) is 2.55. The second-order valence-electron chi connectivity index (χ2n) is 4.19. The molecular formula is C12H9KNO6P. The van der Waals surface area contributed by atoms with Crippen molar-refractivity contribution in [2.24, 2.45) is 0 Å². The minimum Gasteiger partial charge on any atom is -1.00 e. The first-order valence-electron chi connectivity index (χ1n) is 5.54. The number of imide groups is 1. The molecule has 1 heterocycles. The summed E-state index contributed by atoms with van der Waals surface area (Å²) >= 11 is 0. The third kappa shape index (κ3) is 3.05. The van der Waals surface area contributed by atoms with Crippen LogP contribution in [0.15, 0.2) is 36.4 Å². The standard InChI is InChI=1S/C12H8NO6P.K.H/c14-11-8-5-1-3-7-4-2-6-9(10(7)8)12(15)13(11)19-20(16,17)18;;/h1-6H,(H2,16,17,18);;/q;+1;-1. The number of benzene rings is 2. The van der Waals surface area contributed by atoms with E-state index in [1.54, 1.807) is 24.3 Å². The fraction of sp³-hybridized carbons (Fsp3) is 0. The quantitative estimate of drug-likeness (QED) is 0.397. The number of rotatable bonds is 2. The van der Waals surface area contributed by atoms with Gasteiger partial charge in [0.25, 0.3) is 11.8 Å². The first-order chi connectivity index (χ1) is 9.38. The number of phosphoric acid groups is 1. The monoisotopic (exact) mass is 333 g/mol. The molecule has 0 unspecified atom stereocenters. The van der Waals surface area contributed by atoms with Gasteiger partial charge in [-0.2, -0.15) is 4.62 Å². The number of hydrogen-bond donors (Lipinski definition) is 2. The Bertz CT molecular complexity index is 757. The predicted molar refractivity (Wildman–Crippen MR) is 68.7 cm³/mol. The maximum Gasteiger partial charge on any atom is 1.00 e. The third-order valence-electron chi connectivity index (χ3n) is 2.92. The SMILES string of the molecule is O=C1c2cccc3cccc(c23)C(=O)N1OP(=O)(O)O.[H-].[K+]. The van der Waals surface area contributed by atoms with Gasteiger partial charge in [-0.3, -0.25) is 9.59 Å². The first kappa shape index (κ1) is 16.9. The smallest absolute Gasteiger partial charge is 1.00 e. The summed E-state index contributed by atoms with van der Waals surface area (Å²) < 4.78 is 15.1. The van der Waals surface area contributed by atoms with Crippen molar-refractivity contribution in [1.29, 1.82) is 0 Å². The molecule has 0 aliphatic carbocycles. The van der Waals surface area contributed by atoms with Crippen molar-refractivity contribution in [2.75, 3.05) is 0 Å². The molecule has 3 rings (SSSR count). The van der Waals surface area contributed by atoms with Crippen LogP contribution < -0.4 is 51.4 Å². The molecule has 7 nitrogen and oxygen atoms in total. The third-order valence-corrected chi connectivity index (χ3v) is 3.30. The maximum absolute atomic E-state index is 12.1. The van der Waals surface area contributed by atoms with Gasteiger partial charge in [0.05, 0.1) is 11.1 Å². The summed E-state index contributed by atoms with van der Waals surface area (Å²) in [6, 6.07) is 9.65. The molecule has 0 atom stereocenters. The van der Waals surface area contributed by atoms with E-state index in [9.17, 15) is 14.2 Å². The van der Waals surface area contributed by atoms with Crippen LogP contribution in [0.3, 0.4) is 0 Å². The van der Waals surface area contributed by atoms with E-state index in [2.05, 4.69) is 4.62 Å². The van der Waals surface area contributed by atoms with Crippen molar-refractivity contribution in [3.63, 3.8) is 0 Å². The molecule has 1 aliphatic heterocycles. The Hall–Kier alpha value is -0.414. The van der Waals surface area contributed by atoms with Crippen LogP contribution in [-0.4, -0.2) is 26.7 Å². The van der Waals surface area contributed by atoms with Crippen LogP contribution >= 0.6 is 7.82 Å². The van der Waals surface area contributed by atoms with Crippen LogP contribution in [-0.2, 0) is 9.19 Å². The number of hydroxylamine groups is 2. The van der Waals surface area contributed by atoms with Crippen molar-refractivity contribution in [1.82, 2.24) is 5.06 Å². The topological polar surface area (TPSA) is 104 Å². The van der Waals surface area contributed by atoms with Gasteiger partial charge in [-0.1, -0.05) is 24.3 Å². The van der Waals surface area contributed by atoms with Gasteiger partial charge < -0.3 is 11.2 Å². The zero-order valence-corrected chi connectivity index (χ0v) is 14.9. The number of carbonyl (C=O) groups excluding carboxylic acids is 2. The summed E-state index contributed by atoms with van der Waals surface area (Å²) in [4.78, 5) is 41.8. The normalized spacial score (nSPS) is 14.3. The average Bonchev–Trinajstić information content (AvgIpc) is 2.39. The summed E-state index contributed by atoms with van der Waals surface area (Å²) in [5, 5.41) is 1.26. The molecule has 0 saturated carbocycles. The molecule has 9 heteroatoms. The van der Waals surface area contributed by atoms with Crippen LogP contribution in [0.25, 0.3) is 10.8 Å². The van der Waals surface area contributed by atoms with Gasteiger partial charge in [-0.15, -0.1) is 5.06 Å². The van der Waals surface area contributed by atoms with Crippen LogP contribution in [0, 0.1) is 0 Å². The number of carbonyl (C=O) groups is 2. The van der Waals surface area contributed by atoms with E-state index < -0.39 is 19.6 Å². The van der Waals surface area contributed by atoms with Gasteiger partial charge in [0.1, 0.15) is 0 Å². The first-order valence-corrected chi connectivity index (χ1v) is 7.07. The number of nitrogens with zero attached hydrogens (tertiary/aromatic N) is 1. The Kier molecular flexibility index (Phi) is 4.84. The van der Waals surface area contributed by atoms with E-state index in [0.29, 0.717) is 10.8 Å². The summed E-state index contributed by atoms with van der Waals surface area (Å²) in [7, 11) is -5.01. The number of amides is 2. The Morgan fingerprint density at radius 3 is 1.90 bits per heavy atom. The second-order valence-corrected chi connectivity index (χ2v) is 5.33. The summed E-state index contributed by atoms with van der Waals surface area (Å²) in [6.07, 6.45) is 0. The second kappa shape index (κ2) is 6.00. The van der Waals surface area contributed by atoms with Crippen LogP contribution in [0.2, 0.25) is 0 Å². The van der Waals surface area contributed by atoms with E-state index >= 15 is 0 Å². The van der Waals surface area contributed by atoms with Crippen molar-refractivity contribution < 1.29 is 81.4 Å².